The van der Waals surface area contributed by atoms with Crippen molar-refractivity contribution in [3.8, 4) is 5.75 Å². The average Bonchev–Trinajstić information content (AvgIpc) is 2.70. The van der Waals surface area contributed by atoms with Gasteiger partial charge in [0.05, 0.1) is 18.7 Å². The van der Waals surface area contributed by atoms with Crippen molar-refractivity contribution in [3.05, 3.63) is 29.8 Å². The molecule has 0 aliphatic carbocycles. The molecule has 1 aromatic carbocycles. The van der Waals surface area contributed by atoms with E-state index in [-0.39, 0.29) is 18.1 Å². The lowest BCUT2D eigenvalue weighted by Crippen LogP contribution is -2.55. The lowest BCUT2D eigenvalue weighted by molar-refractivity contribution is -0.144. The van der Waals surface area contributed by atoms with Crippen molar-refractivity contribution < 1.29 is 34.5 Å². The number of hydrogen-bond donors (Lipinski definition) is 7. The number of benzene rings is 1. The Labute approximate surface area is 186 Å². The molecule has 0 heterocycles. The highest BCUT2D eigenvalue weighted by Gasteiger charge is 2.27. The SMILES string of the molecule is CC(C)CC(N)C(=O)NC(Cc1ccc(O)cc1)C(=O)NCC(=O)NC(C(=O)O)C(C)O. The molecule has 11 heteroatoms. The number of aliphatic carboxylic acids is 1. The molecule has 1 rings (SSSR count). The van der Waals surface area contributed by atoms with E-state index in [4.69, 9.17) is 10.8 Å². The molecule has 32 heavy (non-hydrogen) atoms. The van der Waals surface area contributed by atoms with Gasteiger partial charge < -0.3 is 37.0 Å². The first-order valence-electron chi connectivity index (χ1n) is 10.2. The molecule has 0 saturated carbocycles. The summed E-state index contributed by atoms with van der Waals surface area (Å²) in [5.41, 5.74) is 6.54. The smallest absolute Gasteiger partial charge is 0.328 e. The average molecular weight is 453 g/mol. The van der Waals surface area contributed by atoms with E-state index in [1.807, 2.05) is 13.8 Å². The molecule has 0 aliphatic heterocycles. The van der Waals surface area contributed by atoms with Crippen LogP contribution >= 0.6 is 0 Å². The van der Waals surface area contributed by atoms with Gasteiger partial charge >= 0.3 is 5.97 Å². The molecule has 8 N–H and O–H groups in total. The number of carboxylic acids is 1. The van der Waals surface area contributed by atoms with Gasteiger partial charge in [-0.2, -0.15) is 0 Å². The van der Waals surface area contributed by atoms with Gasteiger partial charge in [-0.1, -0.05) is 26.0 Å². The Morgan fingerprint density at radius 3 is 2.09 bits per heavy atom. The third-order valence-corrected chi connectivity index (χ3v) is 4.56. The van der Waals surface area contributed by atoms with Gasteiger partial charge in [0.1, 0.15) is 11.8 Å². The first-order valence-corrected chi connectivity index (χ1v) is 10.2. The number of hydrogen-bond acceptors (Lipinski definition) is 7. The highest BCUT2D eigenvalue weighted by Crippen LogP contribution is 2.12. The van der Waals surface area contributed by atoms with Gasteiger partial charge in [-0.05, 0) is 37.0 Å². The summed E-state index contributed by atoms with van der Waals surface area (Å²) in [6.07, 6.45) is -0.854. The van der Waals surface area contributed by atoms with Crippen LogP contribution in [0.2, 0.25) is 0 Å². The van der Waals surface area contributed by atoms with E-state index in [1.165, 1.54) is 19.1 Å². The van der Waals surface area contributed by atoms with Gasteiger partial charge in [-0.3, -0.25) is 14.4 Å². The lowest BCUT2D eigenvalue weighted by Gasteiger charge is -2.22. The zero-order chi connectivity index (χ0) is 24.4. The van der Waals surface area contributed by atoms with E-state index < -0.39 is 54.5 Å². The van der Waals surface area contributed by atoms with E-state index in [9.17, 15) is 29.4 Å². The first-order chi connectivity index (χ1) is 14.9. The van der Waals surface area contributed by atoms with E-state index in [0.29, 0.717) is 12.0 Å². The van der Waals surface area contributed by atoms with Gasteiger partial charge in [0, 0.05) is 6.42 Å². The summed E-state index contributed by atoms with van der Waals surface area (Å²) in [4.78, 5) is 48.2. The maximum Gasteiger partial charge on any atom is 0.328 e. The molecule has 0 fully saturated rings. The van der Waals surface area contributed by atoms with E-state index in [1.54, 1.807) is 12.1 Å². The van der Waals surface area contributed by atoms with Crippen molar-refractivity contribution >= 4 is 23.7 Å². The number of aliphatic hydroxyl groups excluding tert-OH is 1. The summed E-state index contributed by atoms with van der Waals surface area (Å²) >= 11 is 0. The molecule has 11 nitrogen and oxygen atoms in total. The van der Waals surface area contributed by atoms with Gasteiger partial charge in [0.15, 0.2) is 6.04 Å². The highest BCUT2D eigenvalue weighted by molar-refractivity contribution is 5.92. The molecule has 0 aliphatic rings. The van der Waals surface area contributed by atoms with Crippen LogP contribution in [-0.4, -0.2) is 69.8 Å². The molecule has 3 amide bonds. The number of carbonyl (C=O) groups is 4. The number of carboxylic acid groups (broad SMARTS) is 1. The second kappa shape index (κ2) is 12.6. The first kappa shape index (κ1) is 26.9. The van der Waals surface area contributed by atoms with Crippen LogP contribution in [0.4, 0.5) is 0 Å². The van der Waals surface area contributed by atoms with Crippen molar-refractivity contribution in [2.24, 2.45) is 11.7 Å². The predicted molar refractivity (Wildman–Crippen MR) is 115 cm³/mol. The molecule has 0 saturated heterocycles. The third-order valence-electron chi connectivity index (χ3n) is 4.56. The second-order valence-corrected chi connectivity index (χ2v) is 8.01. The fraction of sp³-hybridized carbons (Fsp3) is 0.524. The Kier molecular flexibility index (Phi) is 10.6. The summed E-state index contributed by atoms with van der Waals surface area (Å²) in [6.45, 7) is 4.46. The van der Waals surface area contributed by atoms with Gasteiger partial charge in [-0.15, -0.1) is 0 Å². The molecule has 178 valence electrons. The fourth-order valence-corrected chi connectivity index (χ4v) is 2.87. The maximum absolute atomic E-state index is 12.7. The predicted octanol–water partition coefficient (Wildman–Crippen LogP) is -1.14. The molecule has 4 unspecified atom stereocenters. The quantitative estimate of drug-likeness (QED) is 0.207. The normalized spacial score (nSPS) is 14.7. The van der Waals surface area contributed by atoms with Crippen LogP contribution in [0.3, 0.4) is 0 Å². The number of aliphatic hydroxyl groups is 1. The van der Waals surface area contributed by atoms with Crippen molar-refractivity contribution in [1.82, 2.24) is 16.0 Å². The van der Waals surface area contributed by atoms with Crippen molar-refractivity contribution in [2.45, 2.75) is 57.8 Å². The zero-order valence-corrected chi connectivity index (χ0v) is 18.4. The maximum atomic E-state index is 12.7. The van der Waals surface area contributed by atoms with Gasteiger partial charge in [0.25, 0.3) is 0 Å². The number of nitrogens with one attached hydrogen (secondary N) is 3. The van der Waals surface area contributed by atoms with E-state index >= 15 is 0 Å². The largest absolute Gasteiger partial charge is 0.508 e. The Hall–Kier alpha value is -3.18. The minimum absolute atomic E-state index is 0.0421. The third kappa shape index (κ3) is 9.31. The topological polar surface area (TPSA) is 191 Å². The van der Waals surface area contributed by atoms with E-state index in [2.05, 4.69) is 16.0 Å². The Morgan fingerprint density at radius 2 is 1.59 bits per heavy atom. The van der Waals surface area contributed by atoms with Crippen molar-refractivity contribution in [2.75, 3.05) is 6.54 Å². The zero-order valence-electron chi connectivity index (χ0n) is 18.4. The van der Waals surface area contributed by atoms with Gasteiger partial charge in [-0.25, -0.2) is 4.79 Å². The molecule has 0 aromatic heterocycles. The monoisotopic (exact) mass is 452 g/mol. The highest BCUT2D eigenvalue weighted by atomic mass is 16.4. The van der Waals surface area contributed by atoms with Crippen molar-refractivity contribution in [3.63, 3.8) is 0 Å². The molecular formula is C21H32N4O7. The molecule has 0 radical (unpaired) electrons. The molecule has 0 spiro atoms. The Bertz CT molecular complexity index is 796. The number of rotatable bonds is 12. The fourth-order valence-electron chi connectivity index (χ4n) is 2.87. The number of nitrogens with two attached hydrogens (primary N) is 1. The minimum atomic E-state index is -1.53. The molecule has 0 bridgehead atoms. The molecule has 1 aromatic rings. The molecular weight excluding hydrogens is 420 g/mol. The summed E-state index contributed by atoms with van der Waals surface area (Å²) < 4.78 is 0. The number of amides is 3. The Morgan fingerprint density at radius 1 is 1.00 bits per heavy atom. The van der Waals surface area contributed by atoms with Crippen LogP contribution in [0, 0.1) is 5.92 Å². The standard InChI is InChI=1S/C21H32N4O7/c1-11(2)8-15(22)19(29)24-16(9-13-4-6-14(27)7-5-13)20(30)23-10-17(28)25-18(12(3)26)21(31)32/h4-7,11-12,15-16,18,26-27H,8-10,22H2,1-3H3,(H,23,30)(H,24,29)(H,25,28)(H,31,32). The van der Waals surface area contributed by atoms with Crippen LogP contribution in [0.1, 0.15) is 32.8 Å². The number of aromatic hydroxyl groups is 1. The van der Waals surface area contributed by atoms with Crippen LogP contribution in [-0.2, 0) is 25.6 Å². The second-order valence-electron chi connectivity index (χ2n) is 8.01. The summed E-state index contributed by atoms with van der Waals surface area (Å²) in [5, 5.41) is 34.9. The summed E-state index contributed by atoms with van der Waals surface area (Å²) in [6, 6.07) is 2.63. The van der Waals surface area contributed by atoms with Crippen LogP contribution in [0.15, 0.2) is 24.3 Å². The number of phenolic OH excluding ortho intramolecular Hbond substituents is 1. The minimum Gasteiger partial charge on any atom is -0.508 e. The summed E-state index contributed by atoms with van der Waals surface area (Å²) in [5.74, 6) is -3.24. The lowest BCUT2D eigenvalue weighted by atomic mass is 10.0. The van der Waals surface area contributed by atoms with Gasteiger partial charge in [0.2, 0.25) is 17.7 Å². The molecule has 4 atom stereocenters. The van der Waals surface area contributed by atoms with Crippen molar-refractivity contribution in [1.29, 1.82) is 0 Å². The van der Waals surface area contributed by atoms with E-state index in [0.717, 1.165) is 0 Å². The Balaban J connectivity index is 2.84. The number of phenols is 1. The van der Waals surface area contributed by atoms with Crippen LogP contribution < -0.4 is 21.7 Å². The van der Waals surface area contributed by atoms with Crippen LogP contribution in [0.25, 0.3) is 0 Å². The summed E-state index contributed by atoms with van der Waals surface area (Å²) in [7, 11) is 0. The number of carbonyl (C=O) groups excluding carboxylic acids is 3. The van der Waals surface area contributed by atoms with Crippen LogP contribution in [0.5, 0.6) is 5.75 Å².